The molecule has 0 atom stereocenters. The smallest absolute Gasteiger partial charge is 0.238 e. The summed E-state index contributed by atoms with van der Waals surface area (Å²) in [7, 11) is 1.69. The van der Waals surface area contributed by atoms with Crippen molar-refractivity contribution >= 4 is 11.6 Å². The fourth-order valence-corrected chi connectivity index (χ4v) is 2.19. The van der Waals surface area contributed by atoms with E-state index in [2.05, 4.69) is 10.6 Å². The number of anilines is 1. The molecule has 0 saturated heterocycles. The lowest BCUT2D eigenvalue weighted by Crippen LogP contribution is -2.49. The maximum Gasteiger partial charge on any atom is 0.238 e. The van der Waals surface area contributed by atoms with Crippen molar-refractivity contribution in [1.82, 2.24) is 5.32 Å². The number of carbonyl (C=O) groups excluding carboxylic acids is 1. The van der Waals surface area contributed by atoms with E-state index in [0.717, 1.165) is 19.3 Å². The molecule has 5 heteroatoms. The van der Waals surface area contributed by atoms with Gasteiger partial charge in [0.2, 0.25) is 5.91 Å². The summed E-state index contributed by atoms with van der Waals surface area (Å²) in [5.41, 5.74) is 0.0950. The summed E-state index contributed by atoms with van der Waals surface area (Å²) < 4.78 is 18.8. The molecule has 0 spiro atoms. The summed E-state index contributed by atoms with van der Waals surface area (Å²) in [4.78, 5) is 11.7. The maximum absolute atomic E-state index is 13.3. The summed E-state index contributed by atoms with van der Waals surface area (Å²) >= 11 is 0. The normalized spacial score (nSPS) is 16.7. The highest BCUT2D eigenvalue weighted by atomic mass is 19.1. The molecule has 0 radical (unpaired) electrons. The predicted molar refractivity (Wildman–Crippen MR) is 71.5 cm³/mol. The summed E-state index contributed by atoms with van der Waals surface area (Å²) in [6.45, 7) is 0.799. The van der Waals surface area contributed by atoms with E-state index in [0.29, 0.717) is 6.54 Å². The Morgan fingerprint density at radius 1 is 1.42 bits per heavy atom. The SMILES string of the molecule is COC1(CNCC(=O)Nc2ccccc2F)CCC1. The average molecular weight is 266 g/mol. The molecule has 0 bridgehead atoms. The Balaban J connectivity index is 1.75. The highest BCUT2D eigenvalue weighted by Crippen LogP contribution is 2.34. The average Bonchev–Trinajstić information content (AvgIpc) is 2.35. The standard InChI is InChI=1S/C14H19FN2O2/c1-19-14(7-4-8-14)10-16-9-13(18)17-12-6-3-2-5-11(12)15/h2-3,5-6,16H,4,7-10H2,1H3,(H,17,18). The van der Waals surface area contributed by atoms with Crippen LogP contribution in [0.3, 0.4) is 0 Å². The minimum absolute atomic E-state index is 0.113. The van der Waals surface area contributed by atoms with Crippen molar-refractivity contribution in [2.45, 2.75) is 24.9 Å². The summed E-state index contributed by atoms with van der Waals surface area (Å²) in [6.07, 6.45) is 3.20. The van der Waals surface area contributed by atoms with Crippen LogP contribution in [0, 0.1) is 5.82 Å². The molecule has 1 aliphatic rings. The monoisotopic (exact) mass is 266 g/mol. The summed E-state index contributed by atoms with van der Waals surface area (Å²) in [5, 5.41) is 5.59. The largest absolute Gasteiger partial charge is 0.377 e. The Morgan fingerprint density at radius 2 is 2.16 bits per heavy atom. The fourth-order valence-electron chi connectivity index (χ4n) is 2.19. The van der Waals surface area contributed by atoms with Gasteiger partial charge in [0.05, 0.1) is 17.8 Å². The number of rotatable bonds is 6. The molecular weight excluding hydrogens is 247 g/mol. The highest BCUT2D eigenvalue weighted by molar-refractivity contribution is 5.92. The van der Waals surface area contributed by atoms with Crippen LogP contribution < -0.4 is 10.6 Å². The van der Waals surface area contributed by atoms with Gasteiger partial charge in [-0.05, 0) is 31.4 Å². The van der Waals surface area contributed by atoms with Crippen LogP contribution in [0.5, 0.6) is 0 Å². The molecule has 1 aliphatic carbocycles. The van der Waals surface area contributed by atoms with Crippen LogP contribution in [0.15, 0.2) is 24.3 Å². The Labute approximate surface area is 112 Å². The topological polar surface area (TPSA) is 50.4 Å². The number of hydrogen-bond donors (Lipinski definition) is 2. The minimum Gasteiger partial charge on any atom is -0.377 e. The molecule has 1 saturated carbocycles. The van der Waals surface area contributed by atoms with Gasteiger partial charge in [0.25, 0.3) is 0 Å². The number of amides is 1. The Bertz CT molecular complexity index is 441. The van der Waals surface area contributed by atoms with Gasteiger partial charge in [-0.3, -0.25) is 4.79 Å². The molecule has 104 valence electrons. The number of nitrogens with one attached hydrogen (secondary N) is 2. The molecule has 0 unspecified atom stereocenters. The molecule has 4 nitrogen and oxygen atoms in total. The number of hydrogen-bond acceptors (Lipinski definition) is 3. The highest BCUT2D eigenvalue weighted by Gasteiger charge is 2.36. The van der Waals surface area contributed by atoms with Crippen LogP contribution in [0.1, 0.15) is 19.3 Å². The van der Waals surface area contributed by atoms with E-state index in [4.69, 9.17) is 4.74 Å². The van der Waals surface area contributed by atoms with E-state index < -0.39 is 5.82 Å². The molecule has 1 fully saturated rings. The predicted octanol–water partition coefficient (Wildman–Crippen LogP) is 1.92. The molecule has 1 aromatic carbocycles. The quantitative estimate of drug-likeness (QED) is 0.827. The van der Waals surface area contributed by atoms with E-state index in [1.54, 1.807) is 19.2 Å². The number of benzene rings is 1. The van der Waals surface area contributed by atoms with Gasteiger partial charge in [0.1, 0.15) is 5.82 Å². The van der Waals surface area contributed by atoms with Gasteiger partial charge < -0.3 is 15.4 Å². The first-order valence-electron chi connectivity index (χ1n) is 6.45. The first kappa shape index (κ1) is 14.0. The lowest BCUT2D eigenvalue weighted by atomic mass is 9.80. The zero-order chi connectivity index (χ0) is 13.7. The maximum atomic E-state index is 13.3. The van der Waals surface area contributed by atoms with Crippen LogP contribution in [0.4, 0.5) is 10.1 Å². The Morgan fingerprint density at radius 3 is 2.74 bits per heavy atom. The van der Waals surface area contributed by atoms with E-state index in [-0.39, 0.29) is 23.7 Å². The number of carbonyl (C=O) groups is 1. The van der Waals surface area contributed by atoms with Crippen LogP contribution in [-0.2, 0) is 9.53 Å². The van der Waals surface area contributed by atoms with E-state index in [1.165, 1.54) is 12.1 Å². The fraction of sp³-hybridized carbons (Fsp3) is 0.500. The van der Waals surface area contributed by atoms with Crippen molar-refractivity contribution in [3.8, 4) is 0 Å². The van der Waals surface area contributed by atoms with Gasteiger partial charge >= 0.3 is 0 Å². The lowest BCUT2D eigenvalue weighted by Gasteiger charge is -2.40. The van der Waals surface area contributed by atoms with Crippen LogP contribution in [0.25, 0.3) is 0 Å². The molecule has 0 heterocycles. The number of para-hydroxylation sites is 1. The third-order valence-electron chi connectivity index (χ3n) is 3.58. The van der Waals surface area contributed by atoms with Crippen molar-refractivity contribution < 1.29 is 13.9 Å². The number of methoxy groups -OCH3 is 1. The van der Waals surface area contributed by atoms with Crippen molar-refractivity contribution in [2.75, 3.05) is 25.5 Å². The van der Waals surface area contributed by atoms with E-state index in [9.17, 15) is 9.18 Å². The molecular formula is C14H19FN2O2. The first-order chi connectivity index (χ1) is 9.15. The number of ether oxygens (including phenoxy) is 1. The Kier molecular flexibility index (Phi) is 4.50. The third-order valence-corrected chi connectivity index (χ3v) is 3.58. The van der Waals surface area contributed by atoms with Crippen molar-refractivity contribution in [3.05, 3.63) is 30.1 Å². The van der Waals surface area contributed by atoms with Crippen molar-refractivity contribution in [2.24, 2.45) is 0 Å². The van der Waals surface area contributed by atoms with Gasteiger partial charge in [0, 0.05) is 13.7 Å². The van der Waals surface area contributed by atoms with Crippen LogP contribution in [0.2, 0.25) is 0 Å². The molecule has 0 aliphatic heterocycles. The Hall–Kier alpha value is -1.46. The summed E-state index contributed by atoms with van der Waals surface area (Å²) in [6, 6.07) is 6.12. The van der Waals surface area contributed by atoms with Gasteiger partial charge in [-0.2, -0.15) is 0 Å². The third kappa shape index (κ3) is 3.52. The van der Waals surface area contributed by atoms with Gasteiger partial charge in [0.15, 0.2) is 0 Å². The zero-order valence-corrected chi connectivity index (χ0v) is 11.0. The molecule has 2 N–H and O–H groups in total. The van der Waals surface area contributed by atoms with E-state index >= 15 is 0 Å². The molecule has 2 rings (SSSR count). The lowest BCUT2D eigenvalue weighted by molar-refractivity contribution is -0.116. The van der Waals surface area contributed by atoms with Crippen molar-refractivity contribution in [3.63, 3.8) is 0 Å². The van der Waals surface area contributed by atoms with E-state index in [1.807, 2.05) is 0 Å². The van der Waals surface area contributed by atoms with Gasteiger partial charge in [-0.25, -0.2) is 4.39 Å². The molecule has 19 heavy (non-hydrogen) atoms. The zero-order valence-electron chi connectivity index (χ0n) is 11.0. The second-order valence-corrected chi connectivity index (χ2v) is 4.87. The first-order valence-corrected chi connectivity index (χ1v) is 6.45. The van der Waals surface area contributed by atoms with Gasteiger partial charge in [-0.1, -0.05) is 12.1 Å². The molecule has 1 amide bonds. The second kappa shape index (κ2) is 6.12. The van der Waals surface area contributed by atoms with Crippen LogP contribution >= 0.6 is 0 Å². The summed E-state index contributed by atoms with van der Waals surface area (Å²) in [5.74, 6) is -0.682. The molecule has 0 aromatic heterocycles. The second-order valence-electron chi connectivity index (χ2n) is 4.87. The number of halogens is 1. The van der Waals surface area contributed by atoms with Gasteiger partial charge in [-0.15, -0.1) is 0 Å². The molecule has 1 aromatic rings. The van der Waals surface area contributed by atoms with Crippen molar-refractivity contribution in [1.29, 1.82) is 0 Å². The van der Waals surface area contributed by atoms with Crippen LogP contribution in [-0.4, -0.2) is 31.7 Å². The minimum atomic E-state index is -0.428.